The molecule has 0 bridgehead atoms. The quantitative estimate of drug-likeness (QED) is 0.689. The van der Waals surface area contributed by atoms with Crippen LogP contribution in [0.5, 0.6) is 0 Å². The molecule has 0 heterocycles. The Morgan fingerprint density at radius 1 is 1.28 bits per heavy atom. The van der Waals surface area contributed by atoms with Crippen LogP contribution in [0.15, 0.2) is 0 Å². The molecule has 1 N–H and O–H groups in total. The minimum absolute atomic E-state index is 0.0879. The zero-order valence-corrected chi connectivity index (χ0v) is 12.7. The Morgan fingerprint density at radius 2 is 1.89 bits per heavy atom. The lowest BCUT2D eigenvalue weighted by Gasteiger charge is -2.20. The van der Waals surface area contributed by atoms with Gasteiger partial charge in [0.1, 0.15) is 0 Å². The number of carbonyl (C=O) groups is 1. The van der Waals surface area contributed by atoms with Crippen molar-refractivity contribution in [2.24, 2.45) is 5.92 Å². The molecule has 0 aromatic carbocycles. The number of sulfonamides is 1. The molecule has 0 unspecified atom stereocenters. The third-order valence-corrected chi connectivity index (χ3v) is 3.89. The van der Waals surface area contributed by atoms with E-state index >= 15 is 0 Å². The zero-order valence-electron chi connectivity index (χ0n) is 11.9. The molecule has 0 aromatic heterocycles. The van der Waals surface area contributed by atoms with E-state index in [0.29, 0.717) is 19.0 Å². The van der Waals surface area contributed by atoms with Gasteiger partial charge < -0.3 is 5.32 Å². The molecule has 0 saturated heterocycles. The lowest BCUT2D eigenvalue weighted by molar-refractivity contribution is -0.121. The molecule has 0 aliphatic carbocycles. The van der Waals surface area contributed by atoms with Crippen LogP contribution in [0.3, 0.4) is 0 Å². The maximum absolute atomic E-state index is 11.6. The van der Waals surface area contributed by atoms with E-state index in [9.17, 15) is 13.2 Å². The van der Waals surface area contributed by atoms with Gasteiger partial charge in [-0.25, -0.2) is 12.7 Å². The minimum Gasteiger partial charge on any atom is -0.356 e. The van der Waals surface area contributed by atoms with Crippen LogP contribution < -0.4 is 5.32 Å². The molecule has 0 spiro atoms. The van der Waals surface area contributed by atoms with Gasteiger partial charge in [0.25, 0.3) is 0 Å². The number of nitrogens with zero attached hydrogens (tertiary/aromatic N) is 1. The van der Waals surface area contributed by atoms with Crippen LogP contribution in [0.2, 0.25) is 0 Å². The highest BCUT2D eigenvalue weighted by molar-refractivity contribution is 7.88. The number of carbonyl (C=O) groups excluding carboxylic acids is 1. The summed E-state index contributed by atoms with van der Waals surface area (Å²) in [4.78, 5) is 11.4. The van der Waals surface area contributed by atoms with Crippen molar-refractivity contribution in [3.63, 3.8) is 0 Å². The van der Waals surface area contributed by atoms with Gasteiger partial charge in [-0.1, -0.05) is 20.8 Å². The van der Waals surface area contributed by atoms with Gasteiger partial charge >= 0.3 is 0 Å². The van der Waals surface area contributed by atoms with Gasteiger partial charge in [0, 0.05) is 26.1 Å². The van der Waals surface area contributed by atoms with Crippen LogP contribution in [-0.2, 0) is 14.8 Å². The third-order valence-electron chi connectivity index (χ3n) is 2.59. The van der Waals surface area contributed by atoms with Crippen molar-refractivity contribution >= 4 is 15.9 Å². The molecular weight excluding hydrogens is 252 g/mol. The molecule has 108 valence electrons. The van der Waals surface area contributed by atoms with Crippen molar-refractivity contribution in [1.82, 2.24) is 9.62 Å². The van der Waals surface area contributed by atoms with E-state index < -0.39 is 10.0 Å². The second kappa shape index (κ2) is 8.48. The molecule has 0 aliphatic heterocycles. The molecule has 0 aliphatic rings. The SMILES string of the molecule is CCCNC(=O)CCN(CCC(C)C)S(C)(=O)=O. The Bertz CT molecular complexity index is 339. The fourth-order valence-electron chi connectivity index (χ4n) is 1.42. The third kappa shape index (κ3) is 8.47. The van der Waals surface area contributed by atoms with Crippen LogP contribution in [-0.4, -0.2) is 44.5 Å². The number of rotatable bonds is 9. The first kappa shape index (κ1) is 17.4. The van der Waals surface area contributed by atoms with Gasteiger partial charge in [-0.3, -0.25) is 4.79 Å². The molecular formula is C12H26N2O3S. The van der Waals surface area contributed by atoms with Gasteiger partial charge in [0.05, 0.1) is 6.26 Å². The van der Waals surface area contributed by atoms with Crippen LogP contribution in [0.1, 0.15) is 40.0 Å². The van der Waals surface area contributed by atoms with E-state index in [1.54, 1.807) is 0 Å². The fraction of sp³-hybridized carbons (Fsp3) is 0.917. The van der Waals surface area contributed by atoms with Crippen LogP contribution in [0.4, 0.5) is 0 Å². The lowest BCUT2D eigenvalue weighted by atomic mass is 10.1. The standard InChI is InChI=1S/C12H26N2O3S/c1-5-8-13-12(15)7-10-14(18(4,16)17)9-6-11(2)3/h11H,5-10H2,1-4H3,(H,13,15). The molecule has 0 saturated carbocycles. The van der Waals surface area contributed by atoms with Crippen LogP contribution in [0.25, 0.3) is 0 Å². The second-order valence-electron chi connectivity index (χ2n) is 4.94. The number of amides is 1. The molecule has 0 fully saturated rings. The summed E-state index contributed by atoms with van der Waals surface area (Å²) in [5, 5.41) is 2.74. The zero-order chi connectivity index (χ0) is 14.2. The van der Waals surface area contributed by atoms with Crippen molar-refractivity contribution in [1.29, 1.82) is 0 Å². The molecule has 0 rings (SSSR count). The monoisotopic (exact) mass is 278 g/mol. The summed E-state index contributed by atoms with van der Waals surface area (Å²) in [5.74, 6) is 0.359. The number of hydrogen-bond acceptors (Lipinski definition) is 3. The maximum Gasteiger partial charge on any atom is 0.221 e. The topological polar surface area (TPSA) is 66.5 Å². The van der Waals surface area contributed by atoms with Crippen molar-refractivity contribution in [3.05, 3.63) is 0 Å². The highest BCUT2D eigenvalue weighted by Crippen LogP contribution is 2.06. The maximum atomic E-state index is 11.6. The van der Waals surface area contributed by atoms with Crippen molar-refractivity contribution in [3.8, 4) is 0 Å². The van der Waals surface area contributed by atoms with E-state index in [-0.39, 0.29) is 18.9 Å². The highest BCUT2D eigenvalue weighted by Gasteiger charge is 2.17. The average molecular weight is 278 g/mol. The summed E-state index contributed by atoms with van der Waals surface area (Å²) in [6, 6.07) is 0. The summed E-state index contributed by atoms with van der Waals surface area (Å²) in [7, 11) is -3.22. The van der Waals surface area contributed by atoms with Gasteiger partial charge in [-0.05, 0) is 18.8 Å². The predicted octanol–water partition coefficient (Wildman–Crippen LogP) is 1.21. The summed E-state index contributed by atoms with van der Waals surface area (Å²) in [6.07, 6.45) is 3.11. The van der Waals surface area contributed by atoms with E-state index in [1.807, 2.05) is 6.92 Å². The molecule has 6 heteroatoms. The van der Waals surface area contributed by atoms with Gasteiger partial charge in [-0.2, -0.15) is 0 Å². The smallest absolute Gasteiger partial charge is 0.221 e. The van der Waals surface area contributed by atoms with E-state index in [4.69, 9.17) is 0 Å². The minimum atomic E-state index is -3.22. The first-order valence-corrected chi connectivity index (χ1v) is 8.34. The fourth-order valence-corrected chi connectivity index (χ4v) is 2.28. The summed E-state index contributed by atoms with van der Waals surface area (Å²) < 4.78 is 24.5. The molecule has 1 amide bonds. The molecule has 0 radical (unpaired) electrons. The molecule has 0 aromatic rings. The van der Waals surface area contributed by atoms with Crippen molar-refractivity contribution in [2.45, 2.75) is 40.0 Å². The van der Waals surface area contributed by atoms with Gasteiger partial charge in [0.15, 0.2) is 0 Å². The summed E-state index contributed by atoms with van der Waals surface area (Å²) in [5.41, 5.74) is 0. The highest BCUT2D eigenvalue weighted by atomic mass is 32.2. The Kier molecular flexibility index (Phi) is 8.18. The van der Waals surface area contributed by atoms with Crippen molar-refractivity contribution in [2.75, 3.05) is 25.9 Å². The van der Waals surface area contributed by atoms with Crippen LogP contribution in [0, 0.1) is 5.92 Å². The Labute approximate surface area is 111 Å². The summed E-state index contributed by atoms with van der Waals surface area (Å²) in [6.45, 7) is 7.47. The summed E-state index contributed by atoms with van der Waals surface area (Å²) >= 11 is 0. The normalized spacial score (nSPS) is 12.1. The molecule has 0 atom stereocenters. The number of nitrogens with one attached hydrogen (secondary N) is 1. The Hall–Kier alpha value is -0.620. The number of hydrogen-bond donors (Lipinski definition) is 1. The largest absolute Gasteiger partial charge is 0.356 e. The Morgan fingerprint density at radius 3 is 2.33 bits per heavy atom. The lowest BCUT2D eigenvalue weighted by Crippen LogP contribution is -2.35. The van der Waals surface area contributed by atoms with E-state index in [2.05, 4.69) is 19.2 Å². The average Bonchev–Trinajstić information content (AvgIpc) is 2.23. The van der Waals surface area contributed by atoms with E-state index in [1.165, 1.54) is 10.6 Å². The second-order valence-corrected chi connectivity index (χ2v) is 6.93. The van der Waals surface area contributed by atoms with Gasteiger partial charge in [0.2, 0.25) is 15.9 Å². The van der Waals surface area contributed by atoms with E-state index in [0.717, 1.165) is 12.8 Å². The Balaban J connectivity index is 4.22. The first-order chi connectivity index (χ1) is 8.27. The predicted molar refractivity (Wildman–Crippen MR) is 73.8 cm³/mol. The van der Waals surface area contributed by atoms with Crippen molar-refractivity contribution < 1.29 is 13.2 Å². The van der Waals surface area contributed by atoms with Gasteiger partial charge in [-0.15, -0.1) is 0 Å². The first-order valence-electron chi connectivity index (χ1n) is 6.49. The van der Waals surface area contributed by atoms with Crippen LogP contribution >= 0.6 is 0 Å². The molecule has 5 nitrogen and oxygen atoms in total. The molecule has 18 heavy (non-hydrogen) atoms.